The van der Waals surface area contributed by atoms with Crippen molar-refractivity contribution in [2.75, 3.05) is 0 Å². The van der Waals surface area contributed by atoms with Crippen LogP contribution in [0.2, 0.25) is 5.02 Å². The van der Waals surface area contributed by atoms with Crippen LogP contribution < -0.4 is 10.9 Å². The number of aliphatic imine (C=N–C) groups is 1. The lowest BCUT2D eigenvalue weighted by Crippen LogP contribution is -2.36. The molecule has 1 fully saturated rings. The fraction of sp³-hybridized carbons (Fsp3) is 0.429. The molecule has 0 radical (unpaired) electrons. The summed E-state index contributed by atoms with van der Waals surface area (Å²) in [5.74, 6) is -0.202. The van der Waals surface area contributed by atoms with Crippen molar-refractivity contribution >= 4 is 23.8 Å². The van der Waals surface area contributed by atoms with E-state index >= 15 is 0 Å². The first-order chi connectivity index (χ1) is 9.25. The lowest BCUT2D eigenvalue weighted by atomic mass is 9.96. The van der Waals surface area contributed by atoms with Gasteiger partial charge >= 0.3 is 0 Å². The zero-order valence-corrected chi connectivity index (χ0v) is 11.5. The molecule has 0 atom stereocenters. The summed E-state index contributed by atoms with van der Waals surface area (Å²) in [6, 6.07) is 7.13. The maximum atomic E-state index is 11.7. The second-order valence-electron chi connectivity index (χ2n) is 4.68. The van der Waals surface area contributed by atoms with Gasteiger partial charge in [0.05, 0.1) is 6.04 Å². The van der Waals surface area contributed by atoms with Gasteiger partial charge in [-0.2, -0.15) is 0 Å². The Bertz CT molecular complexity index is 439. The Balaban J connectivity index is 1.74. The number of amides is 1. The van der Waals surface area contributed by atoms with Crippen molar-refractivity contribution < 1.29 is 4.79 Å². The Labute approximate surface area is 118 Å². The summed E-state index contributed by atoms with van der Waals surface area (Å²) in [5.41, 5.74) is 5.86. The summed E-state index contributed by atoms with van der Waals surface area (Å²) < 4.78 is 0. The van der Waals surface area contributed by atoms with E-state index in [1.807, 2.05) is 0 Å². The Morgan fingerprint density at radius 3 is 2.58 bits per heavy atom. The van der Waals surface area contributed by atoms with E-state index in [-0.39, 0.29) is 5.91 Å². The minimum Gasteiger partial charge on any atom is -0.288 e. The van der Waals surface area contributed by atoms with E-state index in [0.29, 0.717) is 16.6 Å². The minimum absolute atomic E-state index is 0.202. The molecule has 0 aliphatic heterocycles. The van der Waals surface area contributed by atoms with Crippen molar-refractivity contribution in [2.24, 2.45) is 4.99 Å². The van der Waals surface area contributed by atoms with Gasteiger partial charge in [0.2, 0.25) is 0 Å². The van der Waals surface area contributed by atoms with Crippen LogP contribution >= 0.6 is 11.6 Å². The zero-order chi connectivity index (χ0) is 13.5. The average Bonchev–Trinajstić information content (AvgIpc) is 2.45. The summed E-state index contributed by atoms with van der Waals surface area (Å²) in [4.78, 5) is 16.1. The summed E-state index contributed by atoms with van der Waals surface area (Å²) in [6.07, 6.45) is 7.67. The predicted octanol–water partition coefficient (Wildman–Crippen LogP) is 2.94. The predicted molar refractivity (Wildman–Crippen MR) is 77.4 cm³/mol. The van der Waals surface area contributed by atoms with Crippen LogP contribution in [-0.4, -0.2) is 18.3 Å². The third kappa shape index (κ3) is 4.56. The number of nitrogens with one attached hydrogen (secondary N) is 2. The van der Waals surface area contributed by atoms with Gasteiger partial charge in [-0.1, -0.05) is 30.9 Å². The second kappa shape index (κ2) is 7.14. The monoisotopic (exact) mass is 279 g/mol. The molecule has 0 bridgehead atoms. The molecule has 0 saturated heterocycles. The summed E-state index contributed by atoms with van der Waals surface area (Å²) in [6.45, 7) is 0. The summed E-state index contributed by atoms with van der Waals surface area (Å²) in [7, 11) is 0. The van der Waals surface area contributed by atoms with Crippen molar-refractivity contribution in [2.45, 2.75) is 38.1 Å². The molecule has 2 rings (SSSR count). The van der Waals surface area contributed by atoms with Gasteiger partial charge in [-0.3, -0.25) is 20.6 Å². The molecule has 1 amide bonds. The van der Waals surface area contributed by atoms with E-state index in [0.717, 1.165) is 12.8 Å². The molecule has 1 aromatic carbocycles. The fourth-order valence-electron chi connectivity index (χ4n) is 2.14. The highest BCUT2D eigenvalue weighted by Gasteiger charge is 2.10. The molecular formula is C14H18ClN3O. The van der Waals surface area contributed by atoms with Gasteiger partial charge < -0.3 is 0 Å². The molecule has 0 unspecified atom stereocenters. The second-order valence-corrected chi connectivity index (χ2v) is 5.11. The van der Waals surface area contributed by atoms with E-state index in [1.165, 1.54) is 19.3 Å². The quantitative estimate of drug-likeness (QED) is 0.506. The third-order valence-corrected chi connectivity index (χ3v) is 3.47. The van der Waals surface area contributed by atoms with Crippen molar-refractivity contribution in [1.29, 1.82) is 0 Å². The van der Waals surface area contributed by atoms with E-state index in [4.69, 9.17) is 11.6 Å². The highest BCUT2D eigenvalue weighted by Crippen LogP contribution is 2.19. The molecule has 0 spiro atoms. The normalized spacial score (nSPS) is 16.5. The smallest absolute Gasteiger partial charge is 0.269 e. The van der Waals surface area contributed by atoms with Gasteiger partial charge in [0, 0.05) is 10.6 Å². The summed E-state index contributed by atoms with van der Waals surface area (Å²) >= 11 is 5.76. The maximum Gasteiger partial charge on any atom is 0.269 e. The molecule has 5 heteroatoms. The van der Waals surface area contributed by atoms with Crippen LogP contribution in [0.4, 0.5) is 0 Å². The van der Waals surface area contributed by atoms with Crippen LogP contribution in [0.1, 0.15) is 42.5 Å². The molecule has 0 heterocycles. The largest absolute Gasteiger partial charge is 0.288 e. The molecule has 1 aliphatic rings. The molecule has 0 aromatic heterocycles. The first-order valence-corrected chi connectivity index (χ1v) is 6.96. The van der Waals surface area contributed by atoms with Crippen molar-refractivity contribution in [3.05, 3.63) is 34.9 Å². The number of rotatable bonds is 4. The standard InChI is InChI=1S/C14H18ClN3O/c15-12-8-6-11(7-9-12)14(19)18-17-10-16-13-4-2-1-3-5-13/h6-10,13H,1-5H2,(H,16,17)(H,18,19). The molecule has 1 aliphatic carbocycles. The first-order valence-electron chi connectivity index (χ1n) is 6.59. The Hall–Kier alpha value is -1.55. The number of benzene rings is 1. The van der Waals surface area contributed by atoms with Gasteiger partial charge in [-0.15, -0.1) is 0 Å². The van der Waals surface area contributed by atoms with Crippen LogP contribution in [0, 0.1) is 0 Å². The van der Waals surface area contributed by atoms with E-state index in [1.54, 1.807) is 30.6 Å². The van der Waals surface area contributed by atoms with Crippen LogP contribution in [0.5, 0.6) is 0 Å². The lowest BCUT2D eigenvalue weighted by Gasteiger charge is -2.17. The number of carbonyl (C=O) groups excluding carboxylic acids is 1. The number of hydrogen-bond donors (Lipinski definition) is 2. The van der Waals surface area contributed by atoms with Gasteiger partial charge in [-0.25, -0.2) is 0 Å². The Kier molecular flexibility index (Phi) is 5.21. The molecular weight excluding hydrogens is 262 g/mol. The van der Waals surface area contributed by atoms with Gasteiger partial charge in [0.25, 0.3) is 5.91 Å². The van der Waals surface area contributed by atoms with Crippen molar-refractivity contribution in [3.63, 3.8) is 0 Å². The SMILES string of the molecule is O=C(NNC=NC1CCCCC1)c1ccc(Cl)cc1. The summed E-state index contributed by atoms with van der Waals surface area (Å²) in [5, 5.41) is 0.614. The lowest BCUT2D eigenvalue weighted by molar-refractivity contribution is 0.0944. The first kappa shape index (κ1) is 13.9. The van der Waals surface area contributed by atoms with Crippen LogP contribution in [0.25, 0.3) is 0 Å². The van der Waals surface area contributed by atoms with E-state index in [9.17, 15) is 4.79 Å². The maximum absolute atomic E-state index is 11.7. The van der Waals surface area contributed by atoms with Crippen molar-refractivity contribution in [3.8, 4) is 0 Å². The molecule has 1 aromatic rings. The Morgan fingerprint density at radius 2 is 1.89 bits per heavy atom. The Morgan fingerprint density at radius 1 is 1.21 bits per heavy atom. The van der Waals surface area contributed by atoms with E-state index in [2.05, 4.69) is 15.8 Å². The van der Waals surface area contributed by atoms with Crippen LogP contribution in [0.3, 0.4) is 0 Å². The molecule has 102 valence electrons. The van der Waals surface area contributed by atoms with Gasteiger partial charge in [-0.05, 0) is 37.1 Å². The molecule has 4 nitrogen and oxygen atoms in total. The molecule has 2 N–H and O–H groups in total. The van der Waals surface area contributed by atoms with Crippen LogP contribution in [0.15, 0.2) is 29.3 Å². The third-order valence-electron chi connectivity index (χ3n) is 3.22. The molecule has 19 heavy (non-hydrogen) atoms. The average molecular weight is 280 g/mol. The molecule has 1 saturated carbocycles. The number of hydrazine groups is 1. The fourth-order valence-corrected chi connectivity index (χ4v) is 2.27. The topological polar surface area (TPSA) is 53.5 Å². The highest BCUT2D eigenvalue weighted by molar-refractivity contribution is 6.30. The van der Waals surface area contributed by atoms with Crippen molar-refractivity contribution in [1.82, 2.24) is 10.9 Å². The van der Waals surface area contributed by atoms with Gasteiger partial charge in [0.1, 0.15) is 6.34 Å². The zero-order valence-electron chi connectivity index (χ0n) is 10.7. The van der Waals surface area contributed by atoms with Gasteiger partial charge in [0.15, 0.2) is 0 Å². The number of nitrogens with zero attached hydrogens (tertiary/aromatic N) is 1. The highest BCUT2D eigenvalue weighted by atomic mass is 35.5. The number of halogens is 1. The van der Waals surface area contributed by atoms with E-state index < -0.39 is 0 Å². The van der Waals surface area contributed by atoms with Crippen LogP contribution in [-0.2, 0) is 0 Å². The number of hydrogen-bond acceptors (Lipinski definition) is 2. The minimum atomic E-state index is -0.202. The number of carbonyl (C=O) groups is 1.